The molecule has 1 aromatic carbocycles. The number of hydrogen-bond donors (Lipinski definition) is 6. The molecule has 0 spiro atoms. The molecule has 4 atom stereocenters. The number of nitrogens with two attached hydrogens (primary N) is 2. The summed E-state index contributed by atoms with van der Waals surface area (Å²) in [4.78, 5) is 103. The maximum absolute atomic E-state index is 13.5. The van der Waals surface area contributed by atoms with E-state index in [4.69, 9.17) is 16.2 Å². The fourth-order valence-corrected chi connectivity index (χ4v) is 6.27. The maximum atomic E-state index is 13.5. The Labute approximate surface area is 337 Å². The lowest BCUT2D eigenvalue weighted by molar-refractivity contribution is -0.140. The molecule has 0 radical (unpaired) electrons. The van der Waals surface area contributed by atoms with Gasteiger partial charge in [0.1, 0.15) is 24.7 Å². The third-order valence-corrected chi connectivity index (χ3v) is 9.45. The molecule has 0 saturated carbocycles. The summed E-state index contributed by atoms with van der Waals surface area (Å²) in [5, 5.41) is 10.7. The van der Waals surface area contributed by atoms with Crippen LogP contribution in [0, 0.1) is 23.7 Å². The molecule has 0 aromatic heterocycles. The van der Waals surface area contributed by atoms with Crippen LogP contribution in [0.1, 0.15) is 106 Å². The number of ether oxygens (including phenoxy) is 1. The fraction of sp³-hybridized carbons (Fsp3) is 0.650. The van der Waals surface area contributed by atoms with Gasteiger partial charge in [0.25, 0.3) is 0 Å². The summed E-state index contributed by atoms with van der Waals surface area (Å²) < 4.78 is 5.33. The summed E-state index contributed by atoms with van der Waals surface area (Å²) in [7, 11) is 1.43. The number of nitrogens with zero attached hydrogens (tertiary/aromatic N) is 2. The van der Waals surface area contributed by atoms with Gasteiger partial charge in [-0.3, -0.25) is 38.6 Å². The molecule has 1 heterocycles. The molecule has 1 aliphatic rings. The summed E-state index contributed by atoms with van der Waals surface area (Å²) in [6, 6.07) is 2.92. The van der Waals surface area contributed by atoms with Gasteiger partial charge in [0.05, 0.1) is 0 Å². The smallest absolute Gasteiger partial charge is 0.410 e. The number of primary amides is 2. The number of amides is 9. The van der Waals surface area contributed by atoms with Crippen molar-refractivity contribution in [3.05, 3.63) is 29.8 Å². The van der Waals surface area contributed by atoms with Crippen LogP contribution in [0.15, 0.2) is 24.3 Å². The molecule has 9 amide bonds. The molecule has 320 valence electrons. The van der Waals surface area contributed by atoms with E-state index in [1.807, 2.05) is 27.7 Å². The molecule has 1 aromatic rings. The van der Waals surface area contributed by atoms with Crippen molar-refractivity contribution in [1.82, 2.24) is 25.8 Å². The topological polar surface area (TPSA) is 252 Å². The SMILES string of the molecule is CC.CC(C)C1CC(=O)N(CCCCCC(=O)NC(C(=O)N[C@@H](CCCNC(N)=O)C(=O)Nc2ccc(COC(=O)N(C)C(C(N)=O)C(C)C)cc2)C(C)C)C1=O. The van der Waals surface area contributed by atoms with Crippen molar-refractivity contribution in [3.8, 4) is 0 Å². The number of carbonyl (C=O) groups excluding carboxylic acids is 8. The Morgan fingerprint density at radius 2 is 1.49 bits per heavy atom. The quantitative estimate of drug-likeness (QED) is 0.0741. The zero-order valence-corrected chi connectivity index (χ0v) is 35.1. The largest absolute Gasteiger partial charge is 0.445 e. The first-order valence-electron chi connectivity index (χ1n) is 19.9. The van der Waals surface area contributed by atoms with Crippen molar-refractivity contribution in [2.45, 2.75) is 125 Å². The second-order valence-electron chi connectivity index (χ2n) is 15.0. The zero-order chi connectivity index (χ0) is 43.4. The summed E-state index contributed by atoms with van der Waals surface area (Å²) in [6.45, 7) is 15.3. The molecule has 2 rings (SSSR count). The summed E-state index contributed by atoms with van der Waals surface area (Å²) >= 11 is 0. The molecular weight excluding hydrogens is 736 g/mol. The van der Waals surface area contributed by atoms with E-state index >= 15 is 0 Å². The van der Waals surface area contributed by atoms with Gasteiger partial charge in [-0.1, -0.05) is 73.9 Å². The second-order valence-corrected chi connectivity index (χ2v) is 15.0. The van der Waals surface area contributed by atoms with Gasteiger partial charge in [0, 0.05) is 44.6 Å². The first-order chi connectivity index (χ1) is 26.8. The Hall–Kier alpha value is -5.22. The number of anilines is 1. The lowest BCUT2D eigenvalue weighted by Crippen LogP contribution is -2.54. The van der Waals surface area contributed by atoms with Crippen molar-refractivity contribution < 1.29 is 43.1 Å². The minimum absolute atomic E-state index is 0.0909. The number of nitrogens with one attached hydrogen (secondary N) is 4. The molecule has 17 nitrogen and oxygen atoms in total. The number of likely N-dealkylation sites (N-methyl/N-ethyl adjacent to an activating group) is 1. The summed E-state index contributed by atoms with van der Waals surface area (Å²) in [5.74, 6) is -3.12. The highest BCUT2D eigenvalue weighted by Gasteiger charge is 2.39. The second kappa shape index (κ2) is 25.1. The first kappa shape index (κ1) is 49.8. The van der Waals surface area contributed by atoms with Gasteiger partial charge in [-0.15, -0.1) is 0 Å². The molecule has 8 N–H and O–H groups in total. The van der Waals surface area contributed by atoms with Crippen molar-refractivity contribution >= 4 is 53.3 Å². The third-order valence-electron chi connectivity index (χ3n) is 9.45. The highest BCUT2D eigenvalue weighted by Crippen LogP contribution is 2.26. The first-order valence-corrected chi connectivity index (χ1v) is 19.9. The molecule has 1 fully saturated rings. The number of benzene rings is 1. The van der Waals surface area contributed by atoms with Gasteiger partial charge in [-0.25, -0.2) is 9.59 Å². The van der Waals surface area contributed by atoms with Crippen LogP contribution in [0.5, 0.6) is 0 Å². The van der Waals surface area contributed by atoms with E-state index in [2.05, 4.69) is 21.3 Å². The predicted octanol–water partition coefficient (Wildman–Crippen LogP) is 3.40. The van der Waals surface area contributed by atoms with Crippen LogP contribution in [-0.2, 0) is 40.1 Å². The Bertz CT molecular complexity index is 1520. The van der Waals surface area contributed by atoms with Gasteiger partial charge in [-0.05, 0) is 61.1 Å². The number of rotatable bonds is 22. The van der Waals surface area contributed by atoms with E-state index in [0.29, 0.717) is 43.5 Å². The van der Waals surface area contributed by atoms with Gasteiger partial charge in [0.2, 0.25) is 35.4 Å². The van der Waals surface area contributed by atoms with Crippen LogP contribution in [0.25, 0.3) is 0 Å². The van der Waals surface area contributed by atoms with Gasteiger partial charge in [0.15, 0.2) is 0 Å². The minimum atomic E-state index is -1.04. The average molecular weight is 803 g/mol. The molecule has 1 saturated heterocycles. The van der Waals surface area contributed by atoms with Crippen molar-refractivity contribution in [2.24, 2.45) is 35.1 Å². The van der Waals surface area contributed by atoms with E-state index in [9.17, 15) is 38.4 Å². The number of likely N-dealkylation sites (tertiary alicyclic amines) is 1. The summed E-state index contributed by atoms with van der Waals surface area (Å²) in [6.07, 6.45) is 1.75. The lowest BCUT2D eigenvalue weighted by atomic mass is 9.94. The fourth-order valence-electron chi connectivity index (χ4n) is 6.27. The van der Waals surface area contributed by atoms with Gasteiger partial charge < -0.3 is 37.5 Å². The molecule has 57 heavy (non-hydrogen) atoms. The molecule has 0 aliphatic carbocycles. The molecular formula is C40H66N8O9. The number of unbranched alkanes of at least 4 members (excludes halogenated alkanes) is 2. The monoisotopic (exact) mass is 802 g/mol. The Kier molecular flexibility index (Phi) is 21.9. The van der Waals surface area contributed by atoms with E-state index in [-0.39, 0.29) is 73.8 Å². The van der Waals surface area contributed by atoms with Crippen LogP contribution >= 0.6 is 0 Å². The van der Waals surface area contributed by atoms with E-state index in [0.717, 1.165) is 4.90 Å². The lowest BCUT2D eigenvalue weighted by Gasteiger charge is -2.27. The molecule has 17 heteroatoms. The zero-order valence-electron chi connectivity index (χ0n) is 35.1. The normalized spacial score (nSPS) is 15.3. The highest BCUT2D eigenvalue weighted by molar-refractivity contribution is 6.03. The Balaban J connectivity index is 0.00000799. The van der Waals surface area contributed by atoms with E-state index in [1.54, 1.807) is 52.0 Å². The Morgan fingerprint density at radius 1 is 0.860 bits per heavy atom. The molecule has 3 unspecified atom stereocenters. The maximum Gasteiger partial charge on any atom is 0.410 e. The van der Waals surface area contributed by atoms with Gasteiger partial charge >= 0.3 is 12.1 Å². The van der Waals surface area contributed by atoms with Crippen molar-refractivity contribution in [2.75, 3.05) is 25.5 Å². The van der Waals surface area contributed by atoms with Crippen LogP contribution in [0.4, 0.5) is 15.3 Å². The number of urea groups is 1. The van der Waals surface area contributed by atoms with E-state index < -0.39 is 48.0 Å². The van der Waals surface area contributed by atoms with E-state index in [1.165, 1.54) is 11.9 Å². The third kappa shape index (κ3) is 16.8. The van der Waals surface area contributed by atoms with Crippen LogP contribution in [-0.4, -0.2) is 95.6 Å². The standard InChI is InChI=1S/C38H60N8O9.C2H6/c1-22(2)27-20-30(48)46(36(27)52)19-10-8-9-13-29(47)44-31(23(3)4)35(51)43-28(12-11-18-41-37(40)53)34(50)42-26-16-14-25(15-17-26)21-55-38(54)45(7)32(24(5)6)33(39)49;1-2/h14-17,22-24,27-28,31-32H,8-13,18-21H2,1-7H3,(H2,39,49)(H,42,50)(H,43,51)(H,44,47)(H3,40,41,53);1-2H3/t27?,28-,31?,32?;/m0./s1. The number of carbonyl (C=O) groups is 8. The van der Waals surface area contributed by atoms with Crippen LogP contribution in [0.2, 0.25) is 0 Å². The molecule has 1 aliphatic heterocycles. The average Bonchev–Trinajstić information content (AvgIpc) is 3.43. The molecule has 0 bridgehead atoms. The van der Waals surface area contributed by atoms with Crippen molar-refractivity contribution in [1.29, 1.82) is 0 Å². The van der Waals surface area contributed by atoms with Gasteiger partial charge in [-0.2, -0.15) is 0 Å². The van der Waals surface area contributed by atoms with Crippen LogP contribution < -0.4 is 32.7 Å². The Morgan fingerprint density at radius 3 is 2.02 bits per heavy atom. The summed E-state index contributed by atoms with van der Waals surface area (Å²) in [5.41, 5.74) is 11.6. The van der Waals surface area contributed by atoms with Crippen LogP contribution in [0.3, 0.4) is 0 Å². The highest BCUT2D eigenvalue weighted by atomic mass is 16.6. The predicted molar refractivity (Wildman–Crippen MR) is 216 cm³/mol. The van der Waals surface area contributed by atoms with Crippen molar-refractivity contribution in [3.63, 3.8) is 0 Å². The number of hydrogen-bond acceptors (Lipinski definition) is 9. The number of imide groups is 1. The minimum Gasteiger partial charge on any atom is -0.445 e.